The van der Waals surface area contributed by atoms with E-state index in [1.165, 1.54) is 6.42 Å². The van der Waals surface area contributed by atoms with E-state index < -0.39 is 0 Å². The number of piperidine rings is 1. The lowest BCUT2D eigenvalue weighted by molar-refractivity contribution is 0.0294. The van der Waals surface area contributed by atoms with Gasteiger partial charge in [0.2, 0.25) is 0 Å². The molecular weight excluding hydrogens is 304 g/mol. The zero-order valence-electron chi connectivity index (χ0n) is 15.0. The summed E-state index contributed by atoms with van der Waals surface area (Å²) in [4.78, 5) is 17.5. The fourth-order valence-corrected chi connectivity index (χ4v) is 3.81. The SMILES string of the molecule is CCn1nc(C(=O)N2CCCC[C@@H]2CCN2CCOCC2)cc1C. The van der Waals surface area contributed by atoms with Crippen LogP contribution in [0.15, 0.2) is 6.07 Å². The Hall–Kier alpha value is -1.40. The summed E-state index contributed by atoms with van der Waals surface area (Å²) >= 11 is 0. The van der Waals surface area contributed by atoms with E-state index in [0.717, 1.165) is 70.9 Å². The number of ether oxygens (including phenoxy) is 1. The smallest absolute Gasteiger partial charge is 0.274 e. The van der Waals surface area contributed by atoms with Crippen LogP contribution in [0.4, 0.5) is 0 Å². The Balaban J connectivity index is 1.63. The lowest BCUT2D eigenvalue weighted by atomic mass is 9.98. The fraction of sp³-hybridized carbons (Fsp3) is 0.778. The topological polar surface area (TPSA) is 50.6 Å². The van der Waals surface area contributed by atoms with Crippen LogP contribution in [-0.4, -0.2) is 70.9 Å². The molecule has 24 heavy (non-hydrogen) atoms. The van der Waals surface area contributed by atoms with Gasteiger partial charge in [0.1, 0.15) is 0 Å². The van der Waals surface area contributed by atoms with Crippen molar-refractivity contribution < 1.29 is 9.53 Å². The normalized spacial score (nSPS) is 22.8. The van der Waals surface area contributed by atoms with Crippen molar-refractivity contribution in [3.8, 4) is 0 Å². The first-order valence-corrected chi connectivity index (χ1v) is 9.34. The van der Waals surface area contributed by atoms with E-state index in [9.17, 15) is 4.79 Å². The number of carbonyl (C=O) groups is 1. The second-order valence-corrected chi connectivity index (χ2v) is 6.88. The van der Waals surface area contributed by atoms with Crippen LogP contribution >= 0.6 is 0 Å². The Morgan fingerprint density at radius 1 is 1.29 bits per heavy atom. The fourth-order valence-electron chi connectivity index (χ4n) is 3.81. The molecule has 0 spiro atoms. The van der Waals surface area contributed by atoms with Crippen molar-refractivity contribution in [2.45, 2.75) is 52.1 Å². The van der Waals surface area contributed by atoms with Gasteiger partial charge in [-0.1, -0.05) is 0 Å². The summed E-state index contributed by atoms with van der Waals surface area (Å²) in [6, 6.07) is 2.28. The molecule has 0 saturated carbocycles. The molecule has 2 saturated heterocycles. The molecule has 1 atom stereocenters. The van der Waals surface area contributed by atoms with Gasteiger partial charge < -0.3 is 9.64 Å². The minimum absolute atomic E-state index is 0.108. The highest BCUT2D eigenvalue weighted by molar-refractivity contribution is 5.92. The summed E-state index contributed by atoms with van der Waals surface area (Å²) in [6.07, 6.45) is 4.50. The number of nitrogens with zero attached hydrogens (tertiary/aromatic N) is 4. The van der Waals surface area contributed by atoms with Crippen LogP contribution in [-0.2, 0) is 11.3 Å². The number of amides is 1. The first-order valence-electron chi connectivity index (χ1n) is 9.34. The molecule has 3 heterocycles. The number of rotatable bonds is 5. The summed E-state index contributed by atoms with van der Waals surface area (Å²) in [5.74, 6) is 0.108. The number of likely N-dealkylation sites (tertiary alicyclic amines) is 1. The molecule has 134 valence electrons. The Labute approximate surface area is 144 Å². The number of aromatic nitrogens is 2. The quantitative estimate of drug-likeness (QED) is 0.826. The average molecular weight is 334 g/mol. The third-order valence-corrected chi connectivity index (χ3v) is 5.27. The maximum Gasteiger partial charge on any atom is 0.274 e. The van der Waals surface area contributed by atoms with E-state index in [0.29, 0.717) is 11.7 Å². The molecule has 0 N–H and O–H groups in total. The van der Waals surface area contributed by atoms with Gasteiger partial charge in [0, 0.05) is 44.5 Å². The molecule has 0 bridgehead atoms. The summed E-state index contributed by atoms with van der Waals surface area (Å²) in [7, 11) is 0. The van der Waals surface area contributed by atoms with Gasteiger partial charge in [0.05, 0.1) is 13.2 Å². The van der Waals surface area contributed by atoms with E-state index in [-0.39, 0.29) is 5.91 Å². The van der Waals surface area contributed by atoms with Crippen molar-refractivity contribution in [2.75, 3.05) is 39.4 Å². The van der Waals surface area contributed by atoms with Crippen molar-refractivity contribution in [3.63, 3.8) is 0 Å². The third kappa shape index (κ3) is 3.98. The van der Waals surface area contributed by atoms with Crippen LogP contribution in [0.5, 0.6) is 0 Å². The second kappa shape index (κ2) is 8.12. The van der Waals surface area contributed by atoms with Crippen LogP contribution in [0.2, 0.25) is 0 Å². The second-order valence-electron chi connectivity index (χ2n) is 6.88. The number of hydrogen-bond acceptors (Lipinski definition) is 4. The molecule has 1 aromatic heterocycles. The number of morpholine rings is 1. The third-order valence-electron chi connectivity index (χ3n) is 5.27. The van der Waals surface area contributed by atoms with E-state index in [2.05, 4.69) is 21.8 Å². The van der Waals surface area contributed by atoms with Gasteiger partial charge in [-0.3, -0.25) is 14.4 Å². The number of aryl methyl sites for hydroxylation is 2. The van der Waals surface area contributed by atoms with Crippen LogP contribution in [0.1, 0.15) is 48.8 Å². The lowest BCUT2D eigenvalue weighted by Crippen LogP contribution is -2.46. The van der Waals surface area contributed by atoms with Crippen molar-refractivity contribution in [1.29, 1.82) is 0 Å². The predicted molar refractivity (Wildman–Crippen MR) is 93.2 cm³/mol. The van der Waals surface area contributed by atoms with Crippen LogP contribution < -0.4 is 0 Å². The molecular formula is C18H30N4O2. The van der Waals surface area contributed by atoms with Gasteiger partial charge in [-0.2, -0.15) is 5.10 Å². The van der Waals surface area contributed by atoms with Gasteiger partial charge in [-0.15, -0.1) is 0 Å². The average Bonchev–Trinajstić information content (AvgIpc) is 3.01. The molecule has 0 aromatic carbocycles. The standard InChI is InChI=1S/C18H30N4O2/c1-3-22-15(2)14-17(19-22)18(23)21-8-5-4-6-16(21)7-9-20-10-12-24-13-11-20/h14,16H,3-13H2,1-2H3/t16-/m1/s1. The number of carbonyl (C=O) groups excluding carboxylic acids is 1. The first kappa shape index (κ1) is 17.4. The Morgan fingerprint density at radius 2 is 2.08 bits per heavy atom. The molecule has 0 radical (unpaired) electrons. The van der Waals surface area contributed by atoms with E-state index >= 15 is 0 Å². The molecule has 2 fully saturated rings. The van der Waals surface area contributed by atoms with E-state index in [4.69, 9.17) is 4.74 Å². The zero-order chi connectivity index (χ0) is 16.9. The molecule has 1 aromatic rings. The van der Waals surface area contributed by atoms with Gasteiger partial charge in [0.15, 0.2) is 5.69 Å². The van der Waals surface area contributed by atoms with Crippen LogP contribution in [0.25, 0.3) is 0 Å². The van der Waals surface area contributed by atoms with Crippen molar-refractivity contribution in [2.24, 2.45) is 0 Å². The molecule has 6 heteroatoms. The lowest BCUT2D eigenvalue weighted by Gasteiger charge is -2.37. The highest BCUT2D eigenvalue weighted by Gasteiger charge is 2.29. The molecule has 2 aliphatic heterocycles. The Bertz CT molecular complexity index is 551. The monoisotopic (exact) mass is 334 g/mol. The minimum Gasteiger partial charge on any atom is -0.379 e. The van der Waals surface area contributed by atoms with Crippen LogP contribution in [0, 0.1) is 6.92 Å². The summed E-state index contributed by atoms with van der Waals surface area (Å²) in [6.45, 7) is 10.5. The maximum absolute atomic E-state index is 13.0. The maximum atomic E-state index is 13.0. The highest BCUT2D eigenvalue weighted by atomic mass is 16.5. The highest BCUT2D eigenvalue weighted by Crippen LogP contribution is 2.22. The van der Waals surface area contributed by atoms with Crippen molar-refractivity contribution in [3.05, 3.63) is 17.5 Å². The number of hydrogen-bond donors (Lipinski definition) is 0. The van der Waals surface area contributed by atoms with Gasteiger partial charge in [-0.05, 0) is 45.6 Å². The molecule has 1 amide bonds. The van der Waals surface area contributed by atoms with Crippen molar-refractivity contribution >= 4 is 5.91 Å². The Kier molecular flexibility index (Phi) is 5.89. The summed E-state index contributed by atoms with van der Waals surface area (Å²) < 4.78 is 7.32. The van der Waals surface area contributed by atoms with Crippen molar-refractivity contribution in [1.82, 2.24) is 19.6 Å². The molecule has 2 aliphatic rings. The van der Waals surface area contributed by atoms with E-state index in [1.807, 2.05) is 17.7 Å². The predicted octanol–water partition coefficient (Wildman–Crippen LogP) is 1.93. The van der Waals surface area contributed by atoms with Crippen LogP contribution in [0.3, 0.4) is 0 Å². The van der Waals surface area contributed by atoms with Gasteiger partial charge in [0.25, 0.3) is 5.91 Å². The molecule has 0 unspecified atom stereocenters. The van der Waals surface area contributed by atoms with Gasteiger partial charge >= 0.3 is 0 Å². The molecule has 3 rings (SSSR count). The largest absolute Gasteiger partial charge is 0.379 e. The zero-order valence-corrected chi connectivity index (χ0v) is 15.0. The Morgan fingerprint density at radius 3 is 2.79 bits per heavy atom. The molecule has 6 nitrogen and oxygen atoms in total. The summed E-state index contributed by atoms with van der Waals surface area (Å²) in [5, 5.41) is 4.49. The molecule has 0 aliphatic carbocycles. The van der Waals surface area contributed by atoms with E-state index in [1.54, 1.807) is 0 Å². The minimum atomic E-state index is 0.108. The van der Waals surface area contributed by atoms with Gasteiger partial charge in [-0.25, -0.2) is 0 Å². The first-order chi connectivity index (χ1) is 11.7. The summed E-state index contributed by atoms with van der Waals surface area (Å²) in [5.41, 5.74) is 1.66.